The van der Waals surface area contributed by atoms with Crippen LogP contribution in [0.3, 0.4) is 0 Å². The van der Waals surface area contributed by atoms with Crippen molar-refractivity contribution in [2.75, 3.05) is 40.3 Å². The zero-order valence-electron chi connectivity index (χ0n) is 11.1. The van der Waals surface area contributed by atoms with E-state index in [1.807, 2.05) is 11.9 Å². The van der Waals surface area contributed by atoms with E-state index in [-0.39, 0.29) is 11.3 Å². The molecule has 1 saturated heterocycles. The van der Waals surface area contributed by atoms with Gasteiger partial charge in [0.05, 0.1) is 5.41 Å². The van der Waals surface area contributed by atoms with Crippen LogP contribution in [0.5, 0.6) is 0 Å². The number of likely N-dealkylation sites (tertiary alicyclic amines) is 1. The Morgan fingerprint density at radius 1 is 1.41 bits per heavy atom. The lowest BCUT2D eigenvalue weighted by Gasteiger charge is -2.32. The molecule has 0 atom stereocenters. The van der Waals surface area contributed by atoms with Crippen LogP contribution in [0.25, 0.3) is 0 Å². The van der Waals surface area contributed by atoms with Gasteiger partial charge in [-0.05, 0) is 51.7 Å². The Morgan fingerprint density at radius 3 is 2.47 bits per heavy atom. The van der Waals surface area contributed by atoms with Crippen LogP contribution in [0, 0.1) is 11.3 Å². The summed E-state index contributed by atoms with van der Waals surface area (Å²) in [6.45, 7) is 3.75. The predicted molar refractivity (Wildman–Crippen MR) is 68.6 cm³/mol. The molecule has 1 amide bonds. The molecule has 2 rings (SSSR count). The molecule has 0 unspecified atom stereocenters. The lowest BCUT2D eigenvalue weighted by molar-refractivity contribution is -0.136. The number of hydrogen-bond donors (Lipinski definition) is 1. The Morgan fingerprint density at radius 2 is 2.00 bits per heavy atom. The van der Waals surface area contributed by atoms with Crippen LogP contribution in [0.2, 0.25) is 0 Å². The fourth-order valence-electron chi connectivity index (χ4n) is 2.78. The number of amides is 1. The van der Waals surface area contributed by atoms with Crippen LogP contribution >= 0.6 is 0 Å². The number of nitrogens with zero attached hydrogens (tertiary/aromatic N) is 2. The van der Waals surface area contributed by atoms with Crippen LogP contribution in [0.1, 0.15) is 25.7 Å². The van der Waals surface area contributed by atoms with Gasteiger partial charge in [0.15, 0.2) is 0 Å². The maximum atomic E-state index is 12.2. The van der Waals surface area contributed by atoms with Crippen molar-refractivity contribution in [2.45, 2.75) is 25.7 Å². The van der Waals surface area contributed by atoms with E-state index in [9.17, 15) is 4.79 Å². The molecule has 0 aromatic carbocycles. The normalized spacial score (nSPS) is 24.6. The lowest BCUT2D eigenvalue weighted by Crippen LogP contribution is -2.42. The number of hydrogen-bond acceptors (Lipinski definition) is 3. The molecule has 2 N–H and O–H groups in total. The average molecular weight is 239 g/mol. The van der Waals surface area contributed by atoms with Crippen molar-refractivity contribution in [1.29, 1.82) is 0 Å². The van der Waals surface area contributed by atoms with Gasteiger partial charge in [0.25, 0.3) is 0 Å². The summed E-state index contributed by atoms with van der Waals surface area (Å²) in [6, 6.07) is 0. The third-order valence-corrected chi connectivity index (χ3v) is 4.41. The van der Waals surface area contributed by atoms with E-state index >= 15 is 0 Å². The van der Waals surface area contributed by atoms with Gasteiger partial charge >= 0.3 is 0 Å². The fourth-order valence-corrected chi connectivity index (χ4v) is 2.78. The van der Waals surface area contributed by atoms with E-state index in [1.165, 1.54) is 12.8 Å². The Bertz CT molecular complexity index is 280. The number of carbonyl (C=O) groups is 1. The van der Waals surface area contributed by atoms with Crippen molar-refractivity contribution in [1.82, 2.24) is 9.80 Å². The average Bonchev–Trinajstić information content (AvgIpc) is 3.12. The van der Waals surface area contributed by atoms with Crippen molar-refractivity contribution in [2.24, 2.45) is 17.1 Å². The van der Waals surface area contributed by atoms with Crippen molar-refractivity contribution in [3.63, 3.8) is 0 Å². The highest BCUT2D eigenvalue weighted by Gasteiger charge is 2.49. The van der Waals surface area contributed by atoms with Crippen LogP contribution in [-0.4, -0.2) is 56.0 Å². The lowest BCUT2D eigenvalue weighted by atomic mass is 9.96. The van der Waals surface area contributed by atoms with Gasteiger partial charge in [-0.25, -0.2) is 0 Å². The third kappa shape index (κ3) is 2.80. The topological polar surface area (TPSA) is 49.6 Å². The minimum absolute atomic E-state index is 0.180. The molecule has 1 aliphatic heterocycles. The molecule has 0 bridgehead atoms. The molecule has 1 aliphatic carbocycles. The molecular formula is C13H25N3O. The molecule has 0 aromatic rings. The van der Waals surface area contributed by atoms with Crippen molar-refractivity contribution < 1.29 is 4.79 Å². The number of nitrogens with two attached hydrogens (primary N) is 1. The van der Waals surface area contributed by atoms with Crippen molar-refractivity contribution in [3.8, 4) is 0 Å². The Labute approximate surface area is 104 Å². The van der Waals surface area contributed by atoms with Gasteiger partial charge in [-0.1, -0.05) is 0 Å². The number of piperidine rings is 1. The van der Waals surface area contributed by atoms with Crippen LogP contribution in [0.4, 0.5) is 0 Å². The molecule has 0 spiro atoms. The predicted octanol–water partition coefficient (Wildman–Crippen LogP) is 0.526. The maximum absolute atomic E-state index is 12.2. The molecule has 1 heterocycles. The molecule has 0 aromatic heterocycles. The maximum Gasteiger partial charge on any atom is 0.229 e. The molecular weight excluding hydrogens is 214 g/mol. The second kappa shape index (κ2) is 4.94. The van der Waals surface area contributed by atoms with Gasteiger partial charge in [-0.3, -0.25) is 4.79 Å². The Kier molecular flexibility index (Phi) is 3.73. The van der Waals surface area contributed by atoms with E-state index in [0.717, 1.165) is 32.5 Å². The van der Waals surface area contributed by atoms with Crippen LogP contribution in [-0.2, 0) is 4.79 Å². The summed E-state index contributed by atoms with van der Waals surface area (Å²) in [4.78, 5) is 16.5. The Balaban J connectivity index is 1.81. The van der Waals surface area contributed by atoms with E-state index in [1.54, 1.807) is 0 Å². The smallest absolute Gasteiger partial charge is 0.229 e. The van der Waals surface area contributed by atoms with Gasteiger partial charge < -0.3 is 15.5 Å². The second-order valence-corrected chi connectivity index (χ2v) is 5.92. The summed E-state index contributed by atoms with van der Waals surface area (Å²) in [6.07, 6.45) is 4.40. The summed E-state index contributed by atoms with van der Waals surface area (Å²) in [5, 5.41) is 0. The minimum atomic E-state index is -0.180. The van der Waals surface area contributed by atoms with Crippen LogP contribution < -0.4 is 5.73 Å². The Hall–Kier alpha value is -0.610. The SMILES string of the molecule is CN1CCC(CN(C)C(=O)C2(CN)CC2)CC1. The molecule has 2 aliphatic rings. The summed E-state index contributed by atoms with van der Waals surface area (Å²) < 4.78 is 0. The first-order valence-corrected chi connectivity index (χ1v) is 6.71. The zero-order chi connectivity index (χ0) is 12.5. The second-order valence-electron chi connectivity index (χ2n) is 5.92. The monoisotopic (exact) mass is 239 g/mol. The zero-order valence-corrected chi connectivity index (χ0v) is 11.1. The molecule has 98 valence electrons. The molecule has 4 heteroatoms. The molecule has 17 heavy (non-hydrogen) atoms. The molecule has 1 saturated carbocycles. The van der Waals surface area contributed by atoms with Crippen LogP contribution in [0.15, 0.2) is 0 Å². The largest absolute Gasteiger partial charge is 0.345 e. The third-order valence-electron chi connectivity index (χ3n) is 4.41. The first kappa shape index (κ1) is 12.8. The summed E-state index contributed by atoms with van der Waals surface area (Å²) in [7, 11) is 4.11. The first-order valence-electron chi connectivity index (χ1n) is 6.71. The number of rotatable bonds is 4. The van der Waals surface area contributed by atoms with Gasteiger partial charge in [-0.2, -0.15) is 0 Å². The van der Waals surface area contributed by atoms with Gasteiger partial charge in [-0.15, -0.1) is 0 Å². The van der Waals surface area contributed by atoms with Crippen molar-refractivity contribution >= 4 is 5.91 Å². The van der Waals surface area contributed by atoms with E-state index in [4.69, 9.17) is 5.73 Å². The highest BCUT2D eigenvalue weighted by molar-refractivity contribution is 5.85. The van der Waals surface area contributed by atoms with E-state index in [2.05, 4.69) is 11.9 Å². The number of carbonyl (C=O) groups excluding carboxylic acids is 1. The molecule has 2 fully saturated rings. The summed E-state index contributed by atoms with van der Waals surface area (Å²) >= 11 is 0. The standard InChI is InChI=1S/C13H25N3O/c1-15-7-3-11(4-8-15)9-16(2)12(17)13(10-14)5-6-13/h11H,3-10,14H2,1-2H3. The summed E-state index contributed by atoms with van der Waals surface area (Å²) in [5.74, 6) is 0.952. The summed E-state index contributed by atoms with van der Waals surface area (Å²) in [5.41, 5.74) is 5.52. The van der Waals surface area contributed by atoms with Gasteiger partial charge in [0.2, 0.25) is 5.91 Å². The fraction of sp³-hybridized carbons (Fsp3) is 0.923. The highest BCUT2D eigenvalue weighted by atomic mass is 16.2. The molecule has 0 radical (unpaired) electrons. The quantitative estimate of drug-likeness (QED) is 0.778. The van der Waals surface area contributed by atoms with E-state index < -0.39 is 0 Å². The van der Waals surface area contributed by atoms with Gasteiger partial charge in [0.1, 0.15) is 0 Å². The van der Waals surface area contributed by atoms with Crippen molar-refractivity contribution in [3.05, 3.63) is 0 Å². The first-order chi connectivity index (χ1) is 8.07. The molecule has 4 nitrogen and oxygen atoms in total. The van der Waals surface area contributed by atoms with E-state index in [0.29, 0.717) is 12.5 Å². The minimum Gasteiger partial charge on any atom is -0.345 e. The highest BCUT2D eigenvalue weighted by Crippen LogP contribution is 2.46. The van der Waals surface area contributed by atoms with Gasteiger partial charge in [0, 0.05) is 20.1 Å².